The molecule has 2 rings (SSSR count). The van der Waals surface area contributed by atoms with Crippen LogP contribution in [0.1, 0.15) is 0 Å². The Kier molecular flexibility index (Phi) is 1.18. The summed E-state index contributed by atoms with van der Waals surface area (Å²) in [7, 11) is 0. The van der Waals surface area contributed by atoms with Crippen LogP contribution in [-0.2, 0) is 0 Å². The van der Waals surface area contributed by atoms with Gasteiger partial charge in [-0.15, -0.1) is 0 Å². The van der Waals surface area contributed by atoms with Crippen molar-refractivity contribution in [2.75, 3.05) is 0 Å². The Morgan fingerprint density at radius 2 is 2.36 bits per heavy atom. The maximum atomic E-state index is 5.68. The highest BCUT2D eigenvalue weighted by Crippen LogP contribution is 2.14. The van der Waals surface area contributed by atoms with Crippen LogP contribution < -0.4 is 5.73 Å². The van der Waals surface area contributed by atoms with Gasteiger partial charge in [0.15, 0.2) is 5.84 Å². The zero-order valence-corrected chi connectivity index (χ0v) is 6.15. The number of halogens is 1. The summed E-state index contributed by atoms with van der Waals surface area (Å²) in [6, 6.07) is 0. The lowest BCUT2D eigenvalue weighted by molar-refractivity contribution is 0.812. The third-order valence-electron chi connectivity index (χ3n) is 1.38. The van der Waals surface area contributed by atoms with E-state index in [1.807, 2.05) is 0 Å². The number of rotatable bonds is 0. The van der Waals surface area contributed by atoms with Crippen molar-refractivity contribution >= 4 is 35.3 Å². The molecular weight excluding hydrogens is 166 g/mol. The second kappa shape index (κ2) is 1.96. The molecule has 2 heterocycles. The molecule has 1 atom stereocenters. The maximum absolute atomic E-state index is 5.68. The SMILES string of the molecule is NC12C=NC(Cl)=NC1=NC=N2. The van der Waals surface area contributed by atoms with E-state index in [4.69, 9.17) is 17.3 Å². The largest absolute Gasteiger partial charge is 0.296 e. The summed E-state index contributed by atoms with van der Waals surface area (Å²) in [6.07, 6.45) is 2.77. The first-order valence-electron chi connectivity index (χ1n) is 2.91. The van der Waals surface area contributed by atoms with Gasteiger partial charge in [0.1, 0.15) is 6.34 Å². The highest BCUT2D eigenvalue weighted by molar-refractivity contribution is 6.67. The Balaban J connectivity index is 2.49. The Morgan fingerprint density at radius 3 is 3.18 bits per heavy atom. The van der Waals surface area contributed by atoms with Crippen molar-refractivity contribution in [3.63, 3.8) is 0 Å². The van der Waals surface area contributed by atoms with Crippen molar-refractivity contribution in [2.24, 2.45) is 25.7 Å². The van der Waals surface area contributed by atoms with Gasteiger partial charge in [0.25, 0.3) is 0 Å². The second-order valence-corrected chi connectivity index (χ2v) is 2.50. The van der Waals surface area contributed by atoms with Gasteiger partial charge in [-0.3, -0.25) is 5.73 Å². The minimum atomic E-state index is -0.974. The summed E-state index contributed by atoms with van der Waals surface area (Å²) in [6.45, 7) is 0. The van der Waals surface area contributed by atoms with Gasteiger partial charge < -0.3 is 0 Å². The topological polar surface area (TPSA) is 75.5 Å². The molecule has 0 fully saturated rings. The van der Waals surface area contributed by atoms with Crippen LogP contribution in [0.3, 0.4) is 0 Å². The molecule has 0 aromatic rings. The molecule has 56 valence electrons. The lowest BCUT2D eigenvalue weighted by Crippen LogP contribution is -2.47. The van der Waals surface area contributed by atoms with E-state index in [1.165, 1.54) is 12.6 Å². The van der Waals surface area contributed by atoms with Crippen LogP contribution in [0, 0.1) is 0 Å². The van der Waals surface area contributed by atoms with Crippen LogP contribution in [0.5, 0.6) is 0 Å². The molecule has 0 aromatic carbocycles. The number of aliphatic imine (C=N–C) groups is 4. The summed E-state index contributed by atoms with van der Waals surface area (Å²) in [4.78, 5) is 15.2. The first kappa shape index (κ1) is 6.63. The zero-order valence-electron chi connectivity index (χ0n) is 5.40. The van der Waals surface area contributed by atoms with Crippen molar-refractivity contribution in [3.8, 4) is 0 Å². The van der Waals surface area contributed by atoms with Crippen LogP contribution in [0.2, 0.25) is 0 Å². The van der Waals surface area contributed by atoms with E-state index in [-0.39, 0.29) is 5.29 Å². The highest BCUT2D eigenvalue weighted by Gasteiger charge is 2.34. The molecule has 0 aromatic heterocycles. The van der Waals surface area contributed by atoms with E-state index in [1.54, 1.807) is 0 Å². The summed E-state index contributed by atoms with van der Waals surface area (Å²) >= 11 is 5.51. The van der Waals surface area contributed by atoms with E-state index in [9.17, 15) is 0 Å². The van der Waals surface area contributed by atoms with Crippen molar-refractivity contribution in [3.05, 3.63) is 0 Å². The molecule has 0 radical (unpaired) electrons. The average Bonchev–Trinajstić information content (AvgIpc) is 2.31. The minimum absolute atomic E-state index is 0.135. The quantitative estimate of drug-likeness (QED) is 0.500. The van der Waals surface area contributed by atoms with Crippen LogP contribution in [0.15, 0.2) is 20.0 Å². The lowest BCUT2D eigenvalue weighted by atomic mass is 10.2. The normalized spacial score (nSPS) is 33.3. The lowest BCUT2D eigenvalue weighted by Gasteiger charge is -2.16. The Labute approximate surface area is 67.4 Å². The molecular formula is C5H4ClN5. The van der Waals surface area contributed by atoms with Gasteiger partial charge in [0.05, 0.1) is 6.21 Å². The number of nitrogens with two attached hydrogens (primary N) is 1. The van der Waals surface area contributed by atoms with E-state index in [2.05, 4.69) is 20.0 Å². The van der Waals surface area contributed by atoms with Crippen LogP contribution in [0.4, 0.5) is 0 Å². The fourth-order valence-corrected chi connectivity index (χ4v) is 0.946. The predicted molar refractivity (Wildman–Crippen MR) is 44.6 cm³/mol. The van der Waals surface area contributed by atoms with Gasteiger partial charge in [-0.2, -0.15) is 4.99 Å². The first-order valence-corrected chi connectivity index (χ1v) is 3.29. The van der Waals surface area contributed by atoms with E-state index < -0.39 is 5.66 Å². The van der Waals surface area contributed by atoms with Gasteiger partial charge in [-0.05, 0) is 11.6 Å². The summed E-state index contributed by atoms with van der Waals surface area (Å²) in [5.41, 5.74) is 4.71. The molecule has 0 spiro atoms. The molecule has 2 aliphatic rings. The van der Waals surface area contributed by atoms with E-state index >= 15 is 0 Å². The van der Waals surface area contributed by atoms with E-state index in [0.29, 0.717) is 5.84 Å². The predicted octanol–water partition coefficient (Wildman–Crippen LogP) is -0.239. The van der Waals surface area contributed by atoms with Crippen molar-refractivity contribution in [1.29, 1.82) is 0 Å². The fraction of sp³-hybridized carbons (Fsp3) is 0.200. The highest BCUT2D eigenvalue weighted by atomic mass is 35.5. The molecule has 0 saturated carbocycles. The molecule has 6 heteroatoms. The van der Waals surface area contributed by atoms with Gasteiger partial charge in [0, 0.05) is 0 Å². The van der Waals surface area contributed by atoms with Crippen LogP contribution in [0.25, 0.3) is 0 Å². The summed E-state index contributed by atoms with van der Waals surface area (Å²) in [5, 5.41) is 0.135. The molecule has 11 heavy (non-hydrogen) atoms. The minimum Gasteiger partial charge on any atom is -0.296 e. The smallest absolute Gasteiger partial charge is 0.224 e. The number of nitrogens with zero attached hydrogens (tertiary/aromatic N) is 4. The molecule has 0 amide bonds. The Morgan fingerprint density at radius 1 is 1.55 bits per heavy atom. The molecule has 2 aliphatic heterocycles. The Bertz CT molecular complexity index is 315. The average molecular weight is 170 g/mol. The van der Waals surface area contributed by atoms with Gasteiger partial charge in [-0.1, -0.05) is 0 Å². The van der Waals surface area contributed by atoms with Crippen LogP contribution >= 0.6 is 11.6 Å². The third-order valence-corrected chi connectivity index (χ3v) is 1.56. The second-order valence-electron chi connectivity index (χ2n) is 2.16. The third kappa shape index (κ3) is 0.892. The zero-order chi connectivity index (χ0) is 7.90. The van der Waals surface area contributed by atoms with Gasteiger partial charge in [-0.25, -0.2) is 15.0 Å². The molecule has 0 bridgehead atoms. The van der Waals surface area contributed by atoms with Crippen molar-refractivity contribution in [1.82, 2.24) is 0 Å². The summed E-state index contributed by atoms with van der Waals surface area (Å²) in [5.74, 6) is 0.387. The van der Waals surface area contributed by atoms with E-state index in [0.717, 1.165) is 0 Å². The van der Waals surface area contributed by atoms with Gasteiger partial charge in [0.2, 0.25) is 11.0 Å². The number of hydrogen-bond acceptors (Lipinski definition) is 5. The molecule has 0 saturated heterocycles. The van der Waals surface area contributed by atoms with Crippen molar-refractivity contribution < 1.29 is 0 Å². The fourth-order valence-electron chi connectivity index (χ4n) is 0.818. The molecule has 0 aliphatic carbocycles. The summed E-state index contributed by atoms with van der Waals surface area (Å²) < 4.78 is 0. The number of hydrogen-bond donors (Lipinski definition) is 1. The molecule has 1 unspecified atom stereocenters. The molecule has 2 N–H and O–H groups in total. The monoisotopic (exact) mass is 169 g/mol. The first-order chi connectivity index (χ1) is 5.21. The van der Waals surface area contributed by atoms with Crippen LogP contribution in [-0.4, -0.2) is 29.3 Å². The van der Waals surface area contributed by atoms with Gasteiger partial charge >= 0.3 is 0 Å². The Hall–Kier alpha value is -1.07. The number of amidine groups is 2. The number of fused-ring (bicyclic) bond motifs is 1. The van der Waals surface area contributed by atoms with Crippen molar-refractivity contribution in [2.45, 2.75) is 5.66 Å². The maximum Gasteiger partial charge on any atom is 0.224 e. The molecule has 5 nitrogen and oxygen atoms in total. The standard InChI is InChI=1S/C5H4ClN5/c6-4-8-1-5(7)3(11-4)9-2-10-5/h1-2H,7H2.